The Labute approximate surface area is 272 Å². The van der Waals surface area contributed by atoms with Gasteiger partial charge < -0.3 is 24.3 Å². The van der Waals surface area contributed by atoms with E-state index in [0.717, 1.165) is 18.4 Å². The van der Waals surface area contributed by atoms with E-state index in [-0.39, 0.29) is 19.6 Å². The maximum absolute atomic E-state index is 13.9. The zero-order valence-electron chi connectivity index (χ0n) is 28.3. The van der Waals surface area contributed by atoms with Gasteiger partial charge in [-0.05, 0) is 79.2 Å². The lowest BCUT2D eigenvalue weighted by Gasteiger charge is -2.35. The lowest BCUT2D eigenvalue weighted by Crippen LogP contribution is -2.54. The maximum atomic E-state index is 13.9. The highest BCUT2D eigenvalue weighted by Crippen LogP contribution is 2.43. The first-order chi connectivity index (χ1) is 21.5. The Morgan fingerprint density at radius 3 is 2.20 bits per heavy atom. The fourth-order valence-electron chi connectivity index (χ4n) is 5.90. The van der Waals surface area contributed by atoms with E-state index in [4.69, 9.17) is 18.9 Å². The standard InChI is InChI=1S/C34H51N3O9/c1-32(2,3)45-26(28(39)36-27(38)25-16-13-19-37(25)31(42)46-33(4,5)6)20-34(17-11-12-18-34)30(41)35-24(29(40)43-7)22-44-21-23-14-9-8-10-15-23/h8-10,14-15,24-26H,11-13,16-22H2,1-7H3,(H,35,41)(H,36,38,39)/t24-,25-,26-/m0/s1. The van der Waals surface area contributed by atoms with Gasteiger partial charge in [0.05, 0.1) is 31.3 Å². The third-order valence-electron chi connectivity index (χ3n) is 8.02. The van der Waals surface area contributed by atoms with Crippen LogP contribution >= 0.6 is 0 Å². The van der Waals surface area contributed by atoms with Gasteiger partial charge in [0.2, 0.25) is 11.8 Å². The smallest absolute Gasteiger partial charge is 0.410 e. The van der Waals surface area contributed by atoms with Gasteiger partial charge >= 0.3 is 12.1 Å². The van der Waals surface area contributed by atoms with E-state index < -0.39 is 64.6 Å². The van der Waals surface area contributed by atoms with E-state index in [0.29, 0.717) is 32.2 Å². The predicted octanol–water partition coefficient (Wildman–Crippen LogP) is 4.04. The van der Waals surface area contributed by atoms with Crippen molar-refractivity contribution < 1.29 is 42.9 Å². The van der Waals surface area contributed by atoms with Gasteiger partial charge in [-0.2, -0.15) is 0 Å². The zero-order chi connectivity index (χ0) is 34.1. The van der Waals surface area contributed by atoms with Gasteiger partial charge in [-0.25, -0.2) is 9.59 Å². The fraction of sp³-hybridized carbons (Fsp3) is 0.676. The van der Waals surface area contributed by atoms with Crippen molar-refractivity contribution in [2.45, 2.75) is 122 Å². The molecule has 0 radical (unpaired) electrons. The Morgan fingerprint density at radius 1 is 0.957 bits per heavy atom. The average molecular weight is 646 g/mol. The molecule has 2 fully saturated rings. The van der Waals surface area contributed by atoms with Crippen molar-refractivity contribution >= 4 is 29.8 Å². The van der Waals surface area contributed by atoms with Crippen LogP contribution in [0.4, 0.5) is 4.79 Å². The molecule has 2 aliphatic rings. The van der Waals surface area contributed by atoms with E-state index >= 15 is 0 Å². The lowest BCUT2D eigenvalue weighted by molar-refractivity contribution is -0.155. The number of rotatable bonds is 12. The Hall–Kier alpha value is -3.51. The number of carbonyl (C=O) groups excluding carboxylic acids is 5. The number of likely N-dealkylation sites (tertiary alicyclic amines) is 1. The molecule has 1 aliphatic carbocycles. The third-order valence-corrected chi connectivity index (χ3v) is 8.02. The molecule has 1 aliphatic heterocycles. The van der Waals surface area contributed by atoms with E-state index in [9.17, 15) is 24.0 Å². The number of imide groups is 1. The van der Waals surface area contributed by atoms with Gasteiger partial charge in [0.25, 0.3) is 5.91 Å². The largest absolute Gasteiger partial charge is 0.467 e. The van der Waals surface area contributed by atoms with Gasteiger partial charge in [0.15, 0.2) is 6.04 Å². The predicted molar refractivity (Wildman–Crippen MR) is 169 cm³/mol. The molecule has 12 nitrogen and oxygen atoms in total. The van der Waals surface area contributed by atoms with Crippen molar-refractivity contribution in [3.05, 3.63) is 35.9 Å². The van der Waals surface area contributed by atoms with Crippen LogP contribution in [-0.2, 0) is 44.7 Å². The summed E-state index contributed by atoms with van der Waals surface area (Å²) in [6.45, 7) is 11.1. The molecule has 2 N–H and O–H groups in total. The Morgan fingerprint density at radius 2 is 1.61 bits per heavy atom. The summed E-state index contributed by atoms with van der Waals surface area (Å²) < 4.78 is 22.3. The summed E-state index contributed by atoms with van der Waals surface area (Å²) in [6.07, 6.45) is 1.63. The van der Waals surface area contributed by atoms with E-state index in [1.807, 2.05) is 30.3 Å². The minimum Gasteiger partial charge on any atom is -0.467 e. The molecule has 1 heterocycles. The van der Waals surface area contributed by atoms with Crippen LogP contribution in [0.15, 0.2) is 30.3 Å². The van der Waals surface area contributed by atoms with Crippen LogP contribution in [-0.4, -0.2) is 84.3 Å². The lowest BCUT2D eigenvalue weighted by atomic mass is 9.79. The topological polar surface area (TPSA) is 150 Å². The molecule has 3 rings (SSSR count). The molecule has 0 aromatic heterocycles. The van der Waals surface area contributed by atoms with Crippen LogP contribution in [0, 0.1) is 5.41 Å². The molecular formula is C34H51N3O9. The second-order valence-corrected chi connectivity index (χ2v) is 14.1. The summed E-state index contributed by atoms with van der Waals surface area (Å²) >= 11 is 0. The molecule has 0 unspecified atom stereocenters. The molecule has 0 spiro atoms. The van der Waals surface area contributed by atoms with Crippen molar-refractivity contribution in [3.8, 4) is 0 Å². The normalized spacial score (nSPS) is 19.2. The first-order valence-electron chi connectivity index (χ1n) is 16.1. The molecule has 1 saturated carbocycles. The maximum Gasteiger partial charge on any atom is 0.410 e. The average Bonchev–Trinajstić information content (AvgIpc) is 3.66. The molecule has 1 aromatic rings. The minimum absolute atomic E-state index is 0.00553. The van der Waals surface area contributed by atoms with Crippen LogP contribution in [0.3, 0.4) is 0 Å². The summed E-state index contributed by atoms with van der Waals surface area (Å²) in [4.78, 5) is 67.7. The first kappa shape index (κ1) is 37.0. The van der Waals surface area contributed by atoms with Crippen LogP contribution in [0.5, 0.6) is 0 Å². The number of methoxy groups -OCH3 is 1. The van der Waals surface area contributed by atoms with Crippen LogP contribution in [0.1, 0.15) is 92.1 Å². The summed E-state index contributed by atoms with van der Waals surface area (Å²) in [5, 5.41) is 5.27. The van der Waals surface area contributed by atoms with Crippen molar-refractivity contribution in [1.29, 1.82) is 0 Å². The zero-order valence-corrected chi connectivity index (χ0v) is 28.3. The Bertz CT molecular complexity index is 1220. The van der Waals surface area contributed by atoms with Gasteiger partial charge in [-0.3, -0.25) is 24.6 Å². The molecule has 3 atom stereocenters. The van der Waals surface area contributed by atoms with Gasteiger partial charge in [-0.1, -0.05) is 43.2 Å². The number of benzene rings is 1. The highest BCUT2D eigenvalue weighted by atomic mass is 16.6. The number of hydrogen-bond acceptors (Lipinski definition) is 9. The van der Waals surface area contributed by atoms with E-state index in [1.54, 1.807) is 41.5 Å². The molecule has 12 heteroatoms. The number of nitrogens with zero attached hydrogens (tertiary/aromatic N) is 1. The minimum atomic E-state index is -1.16. The Balaban J connectivity index is 1.74. The SMILES string of the molecule is COC(=O)[C@H](COCc1ccccc1)NC(=O)C1(C[C@H](OC(C)(C)C)C(=O)NC(=O)[C@@H]2CCCN2C(=O)OC(C)(C)C)CCCC1. The highest BCUT2D eigenvalue weighted by Gasteiger charge is 2.47. The summed E-state index contributed by atoms with van der Waals surface area (Å²) in [6, 6.07) is 7.52. The summed E-state index contributed by atoms with van der Waals surface area (Å²) in [5.74, 6) is -2.36. The van der Waals surface area contributed by atoms with Crippen molar-refractivity contribution in [3.63, 3.8) is 0 Å². The van der Waals surface area contributed by atoms with Gasteiger partial charge in [0.1, 0.15) is 17.7 Å². The molecule has 1 aromatic carbocycles. The van der Waals surface area contributed by atoms with Crippen molar-refractivity contribution in [2.75, 3.05) is 20.3 Å². The number of esters is 1. The second kappa shape index (κ2) is 15.9. The third kappa shape index (κ3) is 10.8. The number of amides is 4. The van der Waals surface area contributed by atoms with E-state index in [1.165, 1.54) is 12.0 Å². The molecule has 256 valence electrons. The van der Waals surface area contributed by atoms with Gasteiger partial charge in [0, 0.05) is 6.54 Å². The monoisotopic (exact) mass is 645 g/mol. The first-order valence-corrected chi connectivity index (χ1v) is 16.1. The van der Waals surface area contributed by atoms with Gasteiger partial charge in [-0.15, -0.1) is 0 Å². The van der Waals surface area contributed by atoms with Crippen LogP contribution in [0.25, 0.3) is 0 Å². The molecule has 1 saturated heterocycles. The molecular weight excluding hydrogens is 594 g/mol. The van der Waals surface area contributed by atoms with Crippen LogP contribution in [0.2, 0.25) is 0 Å². The molecule has 0 bridgehead atoms. The number of hydrogen-bond donors (Lipinski definition) is 2. The number of carbonyl (C=O) groups is 5. The molecule has 4 amide bonds. The summed E-state index contributed by atoms with van der Waals surface area (Å²) in [7, 11) is 1.24. The fourth-order valence-corrected chi connectivity index (χ4v) is 5.90. The summed E-state index contributed by atoms with van der Waals surface area (Å²) in [5.41, 5.74) is -1.63. The second-order valence-electron chi connectivity index (χ2n) is 14.1. The number of ether oxygens (including phenoxy) is 4. The number of nitrogens with one attached hydrogen (secondary N) is 2. The van der Waals surface area contributed by atoms with Crippen LogP contribution < -0.4 is 10.6 Å². The highest BCUT2D eigenvalue weighted by molar-refractivity contribution is 6.01. The quantitative estimate of drug-likeness (QED) is 0.321. The molecule has 46 heavy (non-hydrogen) atoms. The van der Waals surface area contributed by atoms with E-state index in [2.05, 4.69) is 10.6 Å². The Kier molecular flexibility index (Phi) is 12.7. The van der Waals surface area contributed by atoms with Crippen molar-refractivity contribution in [1.82, 2.24) is 15.5 Å². The van der Waals surface area contributed by atoms with Crippen molar-refractivity contribution in [2.24, 2.45) is 5.41 Å².